The quantitative estimate of drug-likeness (QED) is 0.548. The molecule has 160 valence electrons. The summed E-state index contributed by atoms with van der Waals surface area (Å²) in [6, 6.07) is 15.6. The van der Waals surface area contributed by atoms with Crippen LogP contribution in [0.1, 0.15) is 54.4 Å². The van der Waals surface area contributed by atoms with Crippen LogP contribution in [0.15, 0.2) is 59.2 Å². The third kappa shape index (κ3) is 3.79. The minimum atomic E-state index is -0.467. The van der Waals surface area contributed by atoms with Crippen molar-refractivity contribution in [3.05, 3.63) is 88.4 Å². The Kier molecular flexibility index (Phi) is 5.61. The van der Waals surface area contributed by atoms with Gasteiger partial charge in [-0.05, 0) is 67.4 Å². The average Bonchev–Trinajstić information content (AvgIpc) is 3.39. The maximum Gasteiger partial charge on any atom is 0.261 e. The topological polar surface area (TPSA) is 94.6 Å². The van der Waals surface area contributed by atoms with Gasteiger partial charge in [0.05, 0.1) is 36.4 Å². The van der Waals surface area contributed by atoms with Gasteiger partial charge in [-0.3, -0.25) is 19.3 Å². The molecule has 3 aromatic rings. The number of hydrogen-bond acceptors (Lipinski definition) is 5. The second-order valence-corrected chi connectivity index (χ2v) is 7.67. The Morgan fingerprint density at radius 2 is 1.81 bits per heavy atom. The molecule has 0 radical (unpaired) electrons. The molecule has 0 fully saturated rings. The van der Waals surface area contributed by atoms with Crippen molar-refractivity contribution in [3.63, 3.8) is 0 Å². The fourth-order valence-corrected chi connectivity index (χ4v) is 3.68. The maximum absolute atomic E-state index is 13.4. The largest absolute Gasteiger partial charge is 0.467 e. The Morgan fingerprint density at radius 3 is 2.50 bits per heavy atom. The lowest BCUT2D eigenvalue weighted by atomic mass is 10.0. The first kappa shape index (κ1) is 21.1. The van der Waals surface area contributed by atoms with E-state index < -0.39 is 11.8 Å². The lowest BCUT2D eigenvalue weighted by Crippen LogP contribution is -2.32. The second-order valence-electron chi connectivity index (χ2n) is 7.67. The van der Waals surface area contributed by atoms with E-state index in [9.17, 15) is 14.4 Å². The minimum absolute atomic E-state index is 0.0273. The molecule has 7 nitrogen and oxygen atoms in total. The number of nitriles is 1. The molecule has 0 bridgehead atoms. The van der Waals surface area contributed by atoms with Crippen molar-refractivity contribution in [1.82, 2.24) is 4.90 Å². The maximum atomic E-state index is 13.4. The van der Waals surface area contributed by atoms with E-state index in [1.165, 1.54) is 23.3 Å². The Balaban J connectivity index is 1.65. The van der Waals surface area contributed by atoms with Crippen LogP contribution in [0.4, 0.5) is 5.69 Å². The van der Waals surface area contributed by atoms with Gasteiger partial charge in [-0.15, -0.1) is 0 Å². The molecule has 2 heterocycles. The monoisotopic (exact) mass is 427 g/mol. The third-order valence-corrected chi connectivity index (χ3v) is 5.61. The molecule has 1 aliphatic heterocycles. The molecule has 1 aromatic heterocycles. The van der Waals surface area contributed by atoms with Crippen LogP contribution in [-0.2, 0) is 6.54 Å². The number of carbonyl (C=O) groups is 3. The molecule has 7 heteroatoms. The fraction of sp³-hybridized carbons (Fsp3) is 0.200. The number of amides is 3. The molecule has 0 aliphatic carbocycles. The third-order valence-electron chi connectivity index (χ3n) is 5.61. The number of carbonyl (C=O) groups excluding carboxylic acids is 3. The van der Waals surface area contributed by atoms with Gasteiger partial charge in [0.1, 0.15) is 5.76 Å². The first-order chi connectivity index (χ1) is 15.4. The highest BCUT2D eigenvalue weighted by molar-refractivity contribution is 6.22. The van der Waals surface area contributed by atoms with Crippen molar-refractivity contribution in [3.8, 4) is 6.07 Å². The van der Waals surface area contributed by atoms with Gasteiger partial charge < -0.3 is 9.32 Å². The number of hydrogen-bond donors (Lipinski definition) is 0. The van der Waals surface area contributed by atoms with E-state index in [1.54, 1.807) is 18.2 Å². The Bertz CT molecular complexity index is 1250. The van der Waals surface area contributed by atoms with Crippen molar-refractivity contribution in [1.29, 1.82) is 5.26 Å². The van der Waals surface area contributed by atoms with E-state index in [1.807, 2.05) is 32.0 Å². The summed E-state index contributed by atoms with van der Waals surface area (Å²) < 4.78 is 5.26. The van der Waals surface area contributed by atoms with Crippen LogP contribution in [0.5, 0.6) is 0 Å². The summed E-state index contributed by atoms with van der Waals surface area (Å²) in [5.74, 6) is -0.731. The Morgan fingerprint density at radius 1 is 1.03 bits per heavy atom. The smallest absolute Gasteiger partial charge is 0.261 e. The van der Waals surface area contributed by atoms with Gasteiger partial charge in [-0.2, -0.15) is 5.26 Å². The minimum Gasteiger partial charge on any atom is -0.467 e. The number of nitrogens with zero attached hydrogens (tertiary/aromatic N) is 3. The first-order valence-electron chi connectivity index (χ1n) is 10.2. The van der Waals surface area contributed by atoms with Gasteiger partial charge in [0.2, 0.25) is 0 Å². The van der Waals surface area contributed by atoms with Gasteiger partial charge in [0.15, 0.2) is 0 Å². The lowest BCUT2D eigenvalue weighted by Gasteiger charge is -2.23. The van der Waals surface area contributed by atoms with E-state index in [4.69, 9.17) is 9.68 Å². The molecule has 0 N–H and O–H groups in total. The van der Waals surface area contributed by atoms with Crippen molar-refractivity contribution in [2.45, 2.75) is 26.8 Å². The average molecular weight is 427 g/mol. The summed E-state index contributed by atoms with van der Waals surface area (Å²) in [6.07, 6.45) is 1.64. The molecule has 3 amide bonds. The van der Waals surface area contributed by atoms with E-state index in [2.05, 4.69) is 6.07 Å². The highest BCUT2D eigenvalue weighted by atomic mass is 16.3. The lowest BCUT2D eigenvalue weighted by molar-refractivity contribution is 0.0631. The van der Waals surface area contributed by atoms with Crippen LogP contribution in [-0.4, -0.2) is 29.2 Å². The summed E-state index contributed by atoms with van der Waals surface area (Å²) >= 11 is 0. The standard InChI is InChI=1S/C25H21N3O4/c1-16-6-8-19(13-17(16)2)27(11-4-10-26)23(29)18-7-9-21-22(14-18)25(31)28(24(21)30)15-20-5-3-12-32-20/h3,5-9,12-14H,4,11,15H2,1-2H3. The van der Waals surface area contributed by atoms with Crippen LogP contribution in [0, 0.1) is 25.2 Å². The zero-order valence-corrected chi connectivity index (χ0v) is 17.8. The molecule has 0 unspecified atom stereocenters. The number of benzene rings is 2. The van der Waals surface area contributed by atoms with E-state index >= 15 is 0 Å². The molecule has 0 spiro atoms. The molecule has 0 saturated carbocycles. The number of aryl methyl sites for hydroxylation is 2. The second kappa shape index (κ2) is 8.52. The number of imide groups is 1. The van der Waals surface area contributed by atoms with Crippen molar-refractivity contribution >= 4 is 23.4 Å². The number of anilines is 1. The Labute approximate surface area is 185 Å². The summed E-state index contributed by atoms with van der Waals surface area (Å²) in [5, 5.41) is 9.06. The van der Waals surface area contributed by atoms with Crippen molar-refractivity contribution < 1.29 is 18.8 Å². The van der Waals surface area contributed by atoms with Gasteiger partial charge in [-0.1, -0.05) is 6.07 Å². The molecule has 1 aliphatic rings. The van der Waals surface area contributed by atoms with Crippen LogP contribution >= 0.6 is 0 Å². The van der Waals surface area contributed by atoms with Gasteiger partial charge in [-0.25, -0.2) is 0 Å². The molecule has 4 rings (SSSR count). The predicted molar refractivity (Wildman–Crippen MR) is 117 cm³/mol. The number of furan rings is 1. The highest BCUT2D eigenvalue weighted by Crippen LogP contribution is 2.27. The Hall–Kier alpha value is -4.18. The summed E-state index contributed by atoms with van der Waals surface area (Å²) in [5.41, 5.74) is 3.53. The zero-order valence-electron chi connectivity index (χ0n) is 17.8. The summed E-state index contributed by atoms with van der Waals surface area (Å²) in [7, 11) is 0. The van der Waals surface area contributed by atoms with Gasteiger partial charge in [0.25, 0.3) is 17.7 Å². The highest BCUT2D eigenvalue weighted by Gasteiger charge is 2.36. The van der Waals surface area contributed by atoms with Gasteiger partial charge >= 0.3 is 0 Å². The van der Waals surface area contributed by atoms with Crippen LogP contribution in [0.25, 0.3) is 0 Å². The van der Waals surface area contributed by atoms with Crippen LogP contribution < -0.4 is 4.90 Å². The van der Waals surface area contributed by atoms with Crippen LogP contribution in [0.3, 0.4) is 0 Å². The van der Waals surface area contributed by atoms with Crippen LogP contribution in [0.2, 0.25) is 0 Å². The molecule has 0 saturated heterocycles. The van der Waals surface area contributed by atoms with E-state index in [-0.39, 0.29) is 42.1 Å². The van der Waals surface area contributed by atoms with Crippen molar-refractivity contribution in [2.24, 2.45) is 0 Å². The van der Waals surface area contributed by atoms with Gasteiger partial charge in [0, 0.05) is 17.8 Å². The number of fused-ring (bicyclic) bond motifs is 1. The van der Waals surface area contributed by atoms with E-state index in [0.717, 1.165) is 16.0 Å². The molecule has 32 heavy (non-hydrogen) atoms. The van der Waals surface area contributed by atoms with Crippen molar-refractivity contribution in [2.75, 3.05) is 11.4 Å². The molecule has 2 aromatic carbocycles. The SMILES string of the molecule is Cc1ccc(N(CCC#N)C(=O)c2ccc3c(c2)C(=O)N(Cc2ccco2)C3=O)cc1C. The molecular weight excluding hydrogens is 406 g/mol. The summed E-state index contributed by atoms with van der Waals surface area (Å²) in [6.45, 7) is 4.18. The first-order valence-corrected chi connectivity index (χ1v) is 10.2. The fourth-order valence-electron chi connectivity index (χ4n) is 3.68. The summed E-state index contributed by atoms with van der Waals surface area (Å²) in [4.78, 5) is 41.6. The number of rotatable bonds is 6. The molecule has 0 atom stereocenters. The normalized spacial score (nSPS) is 12.6. The zero-order chi connectivity index (χ0) is 22.8. The molecular formula is C25H21N3O4. The van der Waals surface area contributed by atoms with E-state index in [0.29, 0.717) is 11.4 Å². The predicted octanol–water partition coefficient (Wildman–Crippen LogP) is 4.25.